The number of benzene rings is 1. The number of aryl methyl sites for hydroxylation is 1. The molecule has 0 aliphatic rings. The average molecular weight is 346 g/mol. The minimum Gasteiger partial charge on any atom is -0.326 e. The van der Waals surface area contributed by atoms with Crippen LogP contribution in [-0.2, 0) is 6.42 Å². The van der Waals surface area contributed by atoms with Crippen LogP contribution in [0.5, 0.6) is 0 Å². The molecule has 1 aromatic carbocycles. The van der Waals surface area contributed by atoms with Gasteiger partial charge in [0.05, 0.1) is 17.9 Å². The van der Waals surface area contributed by atoms with Gasteiger partial charge in [-0.05, 0) is 30.7 Å². The van der Waals surface area contributed by atoms with E-state index in [1.807, 2.05) is 24.6 Å². The number of imidazole rings is 1. The van der Waals surface area contributed by atoms with Crippen LogP contribution in [0.2, 0.25) is 0 Å². The Bertz CT molecular complexity index is 876. The molecule has 0 saturated heterocycles. The molecule has 4 nitrogen and oxygen atoms in total. The van der Waals surface area contributed by atoms with Crippen LogP contribution in [0.15, 0.2) is 42.9 Å². The summed E-state index contributed by atoms with van der Waals surface area (Å²) in [6, 6.07) is 4.91. The third-order valence-electron chi connectivity index (χ3n) is 4.14. The highest BCUT2D eigenvalue weighted by atomic mass is 19.3. The van der Waals surface area contributed by atoms with Gasteiger partial charge in [-0.2, -0.15) is 10.2 Å². The first-order valence-corrected chi connectivity index (χ1v) is 7.93. The minimum absolute atomic E-state index is 0.152. The molecule has 0 aliphatic carbocycles. The Morgan fingerprint density at radius 1 is 1.20 bits per heavy atom. The van der Waals surface area contributed by atoms with E-state index >= 15 is 0 Å². The van der Waals surface area contributed by atoms with Crippen LogP contribution >= 0.6 is 0 Å². The molecule has 1 atom stereocenters. The summed E-state index contributed by atoms with van der Waals surface area (Å²) in [5, 5.41) is 8.08. The molecule has 0 aliphatic heterocycles. The fraction of sp³-hybridized carbons (Fsp3) is 0.278. The first-order valence-electron chi connectivity index (χ1n) is 7.93. The Morgan fingerprint density at radius 2 is 2.00 bits per heavy atom. The van der Waals surface area contributed by atoms with Crippen LogP contribution in [0.25, 0.3) is 11.1 Å². The first kappa shape index (κ1) is 17.1. The van der Waals surface area contributed by atoms with Crippen LogP contribution < -0.4 is 0 Å². The van der Waals surface area contributed by atoms with Gasteiger partial charge >= 0.3 is 0 Å². The SMILES string of the molecule is CCc1nccn1C(C)c1cc(-c2ccc(F)cc2C(F)F)cnn1. The van der Waals surface area contributed by atoms with Crippen molar-refractivity contribution in [2.24, 2.45) is 0 Å². The largest absolute Gasteiger partial charge is 0.326 e. The van der Waals surface area contributed by atoms with Crippen LogP contribution in [-0.4, -0.2) is 19.7 Å². The van der Waals surface area contributed by atoms with Crippen molar-refractivity contribution in [1.29, 1.82) is 0 Å². The zero-order valence-corrected chi connectivity index (χ0v) is 13.8. The molecule has 0 amide bonds. The maximum atomic E-state index is 13.3. The molecule has 3 aromatic rings. The van der Waals surface area contributed by atoms with Gasteiger partial charge in [-0.15, -0.1) is 0 Å². The lowest BCUT2D eigenvalue weighted by atomic mass is 10.00. The number of nitrogens with zero attached hydrogens (tertiary/aromatic N) is 4. The minimum atomic E-state index is -2.78. The molecule has 7 heteroatoms. The highest BCUT2D eigenvalue weighted by molar-refractivity contribution is 5.67. The number of aromatic nitrogens is 4. The maximum absolute atomic E-state index is 13.3. The third kappa shape index (κ3) is 3.40. The van der Waals surface area contributed by atoms with Gasteiger partial charge in [0, 0.05) is 29.9 Å². The van der Waals surface area contributed by atoms with Crippen LogP contribution in [0.3, 0.4) is 0 Å². The molecule has 0 radical (unpaired) electrons. The van der Waals surface area contributed by atoms with Crippen molar-refractivity contribution in [3.63, 3.8) is 0 Å². The molecule has 1 unspecified atom stereocenters. The number of alkyl halides is 2. The van der Waals surface area contributed by atoms with E-state index in [1.54, 1.807) is 12.3 Å². The van der Waals surface area contributed by atoms with Gasteiger partial charge in [-0.25, -0.2) is 18.2 Å². The van der Waals surface area contributed by atoms with Gasteiger partial charge in [0.2, 0.25) is 0 Å². The van der Waals surface area contributed by atoms with E-state index in [9.17, 15) is 13.2 Å². The van der Waals surface area contributed by atoms with E-state index in [4.69, 9.17) is 0 Å². The Balaban J connectivity index is 2.03. The predicted molar refractivity (Wildman–Crippen MR) is 87.8 cm³/mol. The number of hydrogen-bond acceptors (Lipinski definition) is 3. The molecule has 0 fully saturated rings. The van der Waals surface area contributed by atoms with Crippen molar-refractivity contribution >= 4 is 0 Å². The summed E-state index contributed by atoms with van der Waals surface area (Å²) >= 11 is 0. The number of halogens is 3. The molecule has 0 spiro atoms. The maximum Gasteiger partial charge on any atom is 0.264 e. The second-order valence-corrected chi connectivity index (χ2v) is 5.68. The van der Waals surface area contributed by atoms with Crippen molar-refractivity contribution in [1.82, 2.24) is 19.7 Å². The zero-order chi connectivity index (χ0) is 18.0. The van der Waals surface area contributed by atoms with E-state index in [2.05, 4.69) is 15.2 Å². The number of rotatable bonds is 5. The van der Waals surface area contributed by atoms with Crippen LogP contribution in [0, 0.1) is 5.82 Å². The fourth-order valence-corrected chi connectivity index (χ4v) is 2.82. The van der Waals surface area contributed by atoms with Crippen LogP contribution in [0.1, 0.15) is 43.4 Å². The number of hydrogen-bond donors (Lipinski definition) is 0. The van der Waals surface area contributed by atoms with Crippen molar-refractivity contribution in [3.05, 3.63) is 65.8 Å². The van der Waals surface area contributed by atoms with Gasteiger partial charge in [0.25, 0.3) is 6.43 Å². The molecule has 25 heavy (non-hydrogen) atoms. The molecule has 2 aromatic heterocycles. The second kappa shape index (κ2) is 7.04. The Kier molecular flexibility index (Phi) is 4.83. The van der Waals surface area contributed by atoms with E-state index in [1.165, 1.54) is 12.3 Å². The smallest absolute Gasteiger partial charge is 0.264 e. The van der Waals surface area contributed by atoms with Gasteiger partial charge in [0.1, 0.15) is 11.6 Å². The summed E-state index contributed by atoms with van der Waals surface area (Å²) in [4.78, 5) is 4.28. The van der Waals surface area contributed by atoms with Crippen molar-refractivity contribution < 1.29 is 13.2 Å². The Morgan fingerprint density at radius 3 is 2.72 bits per heavy atom. The predicted octanol–water partition coefficient (Wildman–Crippen LogP) is 4.59. The molecular weight excluding hydrogens is 329 g/mol. The van der Waals surface area contributed by atoms with Crippen LogP contribution in [0.4, 0.5) is 13.2 Å². The fourth-order valence-electron chi connectivity index (χ4n) is 2.82. The van der Waals surface area contributed by atoms with E-state index in [0.717, 1.165) is 24.4 Å². The molecule has 0 saturated carbocycles. The van der Waals surface area contributed by atoms with Crippen molar-refractivity contribution in [3.8, 4) is 11.1 Å². The Hall–Kier alpha value is -2.70. The Labute approximate surface area is 143 Å². The molecule has 3 rings (SSSR count). The molecule has 0 bridgehead atoms. The summed E-state index contributed by atoms with van der Waals surface area (Å²) in [5.41, 5.74) is 0.990. The molecule has 2 heterocycles. The summed E-state index contributed by atoms with van der Waals surface area (Å²) in [7, 11) is 0. The van der Waals surface area contributed by atoms with Gasteiger partial charge in [-0.3, -0.25) is 0 Å². The van der Waals surface area contributed by atoms with E-state index in [-0.39, 0.29) is 17.2 Å². The first-order chi connectivity index (χ1) is 12.0. The highest BCUT2D eigenvalue weighted by Gasteiger charge is 2.18. The lowest BCUT2D eigenvalue weighted by Crippen LogP contribution is -2.11. The molecule has 130 valence electrons. The second-order valence-electron chi connectivity index (χ2n) is 5.68. The van der Waals surface area contributed by atoms with Gasteiger partial charge in [0.15, 0.2) is 0 Å². The summed E-state index contributed by atoms with van der Waals surface area (Å²) in [6.45, 7) is 3.94. The third-order valence-corrected chi connectivity index (χ3v) is 4.14. The standard InChI is InChI=1S/C18H17F3N4/c1-3-17-22-6-7-25(17)11(2)16-8-12(10-23-24-16)14-5-4-13(19)9-15(14)18(20)21/h4-11,18H,3H2,1-2H3. The topological polar surface area (TPSA) is 43.6 Å². The average Bonchev–Trinajstić information content (AvgIpc) is 3.09. The molecular formula is C18H17F3N4. The van der Waals surface area contributed by atoms with Crippen molar-refractivity contribution in [2.75, 3.05) is 0 Å². The van der Waals surface area contributed by atoms with Crippen molar-refractivity contribution in [2.45, 2.75) is 32.7 Å². The van der Waals surface area contributed by atoms with E-state index in [0.29, 0.717) is 11.3 Å². The van der Waals surface area contributed by atoms with Gasteiger partial charge < -0.3 is 4.57 Å². The lowest BCUT2D eigenvalue weighted by molar-refractivity contribution is 0.151. The van der Waals surface area contributed by atoms with E-state index < -0.39 is 12.2 Å². The lowest BCUT2D eigenvalue weighted by Gasteiger charge is -2.16. The summed E-state index contributed by atoms with van der Waals surface area (Å²) in [5.74, 6) is 0.204. The highest BCUT2D eigenvalue weighted by Crippen LogP contribution is 2.32. The molecule has 0 N–H and O–H groups in total. The normalized spacial score (nSPS) is 12.6. The summed E-state index contributed by atoms with van der Waals surface area (Å²) < 4.78 is 41.8. The zero-order valence-electron chi connectivity index (χ0n) is 13.8. The quantitative estimate of drug-likeness (QED) is 0.679. The van der Waals surface area contributed by atoms with Gasteiger partial charge in [-0.1, -0.05) is 13.0 Å². The monoisotopic (exact) mass is 346 g/mol. The summed E-state index contributed by atoms with van der Waals surface area (Å²) in [6.07, 6.45) is 2.95.